The summed E-state index contributed by atoms with van der Waals surface area (Å²) in [5, 5.41) is -0.334. The lowest BCUT2D eigenvalue weighted by atomic mass is 9.65. The third kappa shape index (κ3) is 5.08. The SMILES string of the molecule is [C-]#[N+]CC1CC2(CCOc3c(Cl)c(-c4nc(N)cc(C)c4C(F)(F)F)c(F)c4nc(OC[C@@]56CCCN5C[C@H](F)C6)nc(c34)N2C)C1. The van der Waals surface area contributed by atoms with E-state index in [1.54, 1.807) is 7.05 Å². The highest BCUT2D eigenvalue weighted by molar-refractivity contribution is 6.36. The van der Waals surface area contributed by atoms with Crippen LogP contribution in [0, 0.1) is 25.2 Å². The van der Waals surface area contributed by atoms with Crippen LogP contribution < -0.4 is 20.1 Å². The molecule has 3 aliphatic heterocycles. The number of rotatable bonds is 5. The number of alkyl halides is 4. The first-order valence-corrected chi connectivity index (χ1v) is 15.9. The lowest BCUT2D eigenvalue weighted by molar-refractivity contribution is -0.137. The molecular weight excluding hydrogens is 645 g/mol. The fourth-order valence-electron chi connectivity index (χ4n) is 8.26. The van der Waals surface area contributed by atoms with Gasteiger partial charge in [0.15, 0.2) is 11.6 Å². The molecule has 9 nitrogen and oxygen atoms in total. The van der Waals surface area contributed by atoms with Gasteiger partial charge in [-0.05, 0) is 50.8 Å². The molecular formula is C32H33ClF5N7O2. The second kappa shape index (κ2) is 11.2. The van der Waals surface area contributed by atoms with Crippen LogP contribution in [0.2, 0.25) is 5.02 Å². The van der Waals surface area contributed by atoms with Crippen molar-refractivity contribution in [3.8, 4) is 23.0 Å². The number of aryl methyl sites for hydroxylation is 1. The van der Waals surface area contributed by atoms with Crippen LogP contribution in [-0.2, 0) is 6.18 Å². The van der Waals surface area contributed by atoms with Gasteiger partial charge in [-0.2, -0.15) is 23.1 Å². The van der Waals surface area contributed by atoms with Crippen molar-refractivity contribution < 1.29 is 31.4 Å². The molecule has 15 heteroatoms. The van der Waals surface area contributed by atoms with Gasteiger partial charge in [-0.3, -0.25) is 4.90 Å². The van der Waals surface area contributed by atoms with Gasteiger partial charge in [-0.1, -0.05) is 11.6 Å². The molecule has 3 fully saturated rings. The van der Waals surface area contributed by atoms with Crippen molar-refractivity contribution in [2.45, 2.75) is 68.9 Å². The van der Waals surface area contributed by atoms with E-state index in [1.165, 1.54) is 6.92 Å². The monoisotopic (exact) mass is 677 g/mol. The molecule has 47 heavy (non-hydrogen) atoms. The minimum Gasteiger partial charge on any atom is -0.491 e. The molecule has 3 aromatic rings. The third-order valence-corrected chi connectivity index (χ3v) is 10.8. The summed E-state index contributed by atoms with van der Waals surface area (Å²) in [6.07, 6.45) is -2.22. The van der Waals surface area contributed by atoms with Gasteiger partial charge in [0.1, 0.15) is 29.9 Å². The van der Waals surface area contributed by atoms with Gasteiger partial charge in [0, 0.05) is 37.9 Å². The van der Waals surface area contributed by atoms with E-state index >= 15 is 4.39 Å². The van der Waals surface area contributed by atoms with Gasteiger partial charge in [0.25, 0.3) is 0 Å². The standard InChI is InChI=1S/C32H33ClF5N7O2/c1-16-9-19(39)41-25(22(16)32(36,37)38)20-23(33)27-21-26(24(20)35)42-29(47-15-31-5-4-7-45(31)14-18(34)12-31)43-28(21)44(3)30(6-8-46-27)10-17(11-30)13-40-2/h9,17-18H,4-8,10-15H2,1,3H3,(H2,39,41)/t17?,18-,30?,31+/m1/s1. The average molecular weight is 678 g/mol. The molecule has 5 heterocycles. The van der Waals surface area contributed by atoms with E-state index in [9.17, 15) is 17.6 Å². The lowest BCUT2D eigenvalue weighted by Crippen LogP contribution is -2.58. The summed E-state index contributed by atoms with van der Waals surface area (Å²) in [5.74, 6) is -1.10. The zero-order valence-corrected chi connectivity index (χ0v) is 26.6. The fourth-order valence-corrected chi connectivity index (χ4v) is 8.58. The molecule has 0 radical (unpaired) electrons. The summed E-state index contributed by atoms with van der Waals surface area (Å²) in [7, 11) is 1.81. The van der Waals surface area contributed by atoms with E-state index in [0.29, 0.717) is 38.8 Å². The van der Waals surface area contributed by atoms with Gasteiger partial charge in [0.05, 0.1) is 39.4 Å². The smallest absolute Gasteiger partial charge is 0.418 e. The summed E-state index contributed by atoms with van der Waals surface area (Å²) >= 11 is 6.79. The van der Waals surface area contributed by atoms with Crippen LogP contribution in [0.3, 0.4) is 0 Å². The third-order valence-electron chi connectivity index (χ3n) is 10.5. The average Bonchev–Trinajstić information content (AvgIpc) is 3.49. The lowest BCUT2D eigenvalue weighted by Gasteiger charge is -2.53. The van der Waals surface area contributed by atoms with Crippen molar-refractivity contribution in [2.75, 3.05) is 50.5 Å². The van der Waals surface area contributed by atoms with E-state index in [-0.39, 0.29) is 65.4 Å². The molecule has 1 aliphatic carbocycles. The first-order valence-electron chi connectivity index (χ1n) is 15.6. The Kier molecular flexibility index (Phi) is 7.59. The molecule has 1 aromatic carbocycles. The quantitative estimate of drug-likeness (QED) is 0.238. The van der Waals surface area contributed by atoms with Gasteiger partial charge >= 0.3 is 12.2 Å². The molecule has 2 saturated heterocycles. The first-order chi connectivity index (χ1) is 22.3. The van der Waals surface area contributed by atoms with Crippen molar-refractivity contribution in [3.63, 3.8) is 0 Å². The van der Waals surface area contributed by atoms with Crippen molar-refractivity contribution >= 4 is 34.1 Å². The van der Waals surface area contributed by atoms with Crippen LogP contribution in [-0.4, -0.2) is 77.0 Å². The number of anilines is 2. The fraction of sp³-hybridized carbons (Fsp3) is 0.562. The second-order valence-electron chi connectivity index (χ2n) is 13.3. The first kappa shape index (κ1) is 31.9. The summed E-state index contributed by atoms with van der Waals surface area (Å²) in [4.78, 5) is 20.6. The van der Waals surface area contributed by atoms with Crippen LogP contribution in [0.1, 0.15) is 49.7 Å². The number of aromatic nitrogens is 3. The van der Waals surface area contributed by atoms with Crippen LogP contribution in [0.15, 0.2) is 6.07 Å². The summed E-state index contributed by atoms with van der Waals surface area (Å²) in [5.41, 5.74) is 1.62. The summed E-state index contributed by atoms with van der Waals surface area (Å²) < 4.78 is 87.0. The zero-order valence-electron chi connectivity index (χ0n) is 25.9. The van der Waals surface area contributed by atoms with Crippen molar-refractivity contribution in [1.29, 1.82) is 0 Å². The van der Waals surface area contributed by atoms with Gasteiger partial charge < -0.3 is 25.0 Å². The van der Waals surface area contributed by atoms with E-state index in [2.05, 4.69) is 19.7 Å². The van der Waals surface area contributed by atoms with E-state index < -0.39 is 51.1 Å². The largest absolute Gasteiger partial charge is 0.491 e. The number of fused-ring (bicyclic) bond motifs is 1. The van der Waals surface area contributed by atoms with Gasteiger partial charge in [-0.25, -0.2) is 20.3 Å². The molecule has 0 unspecified atom stereocenters. The molecule has 2 N–H and O–H groups in total. The van der Waals surface area contributed by atoms with Crippen molar-refractivity contribution in [1.82, 2.24) is 19.9 Å². The highest BCUT2D eigenvalue weighted by Crippen LogP contribution is 2.54. The second-order valence-corrected chi connectivity index (χ2v) is 13.7. The van der Waals surface area contributed by atoms with Crippen LogP contribution >= 0.6 is 11.6 Å². The topological polar surface area (TPSA) is 94.0 Å². The van der Waals surface area contributed by atoms with Crippen LogP contribution in [0.25, 0.3) is 27.0 Å². The molecule has 4 aliphatic rings. The number of ether oxygens (including phenoxy) is 2. The van der Waals surface area contributed by atoms with E-state index in [0.717, 1.165) is 19.0 Å². The Balaban J connectivity index is 1.43. The molecule has 2 atom stereocenters. The molecule has 0 bridgehead atoms. The summed E-state index contributed by atoms with van der Waals surface area (Å²) in [6, 6.07) is 0.855. The predicted octanol–water partition coefficient (Wildman–Crippen LogP) is 6.64. The number of nitrogens with zero attached hydrogens (tertiary/aromatic N) is 6. The minimum absolute atomic E-state index is 0.0555. The maximum atomic E-state index is 16.9. The van der Waals surface area contributed by atoms with Crippen LogP contribution in [0.4, 0.5) is 33.6 Å². The van der Waals surface area contributed by atoms with Crippen molar-refractivity contribution in [2.24, 2.45) is 5.92 Å². The molecule has 1 spiro atoms. The number of hydrogen-bond donors (Lipinski definition) is 1. The predicted molar refractivity (Wildman–Crippen MR) is 166 cm³/mol. The Labute approximate surface area is 273 Å². The zero-order chi connectivity index (χ0) is 33.5. The molecule has 2 aromatic heterocycles. The van der Waals surface area contributed by atoms with Crippen molar-refractivity contribution in [3.05, 3.63) is 39.5 Å². The Hall–Kier alpha value is -3.70. The minimum atomic E-state index is -4.91. The van der Waals surface area contributed by atoms with Crippen LogP contribution in [0.5, 0.6) is 11.8 Å². The number of nitrogens with two attached hydrogens (primary N) is 1. The maximum absolute atomic E-state index is 16.9. The number of benzene rings is 1. The molecule has 250 valence electrons. The Morgan fingerprint density at radius 3 is 2.70 bits per heavy atom. The highest BCUT2D eigenvalue weighted by atomic mass is 35.5. The summed E-state index contributed by atoms with van der Waals surface area (Å²) in [6.45, 7) is 10.1. The van der Waals surface area contributed by atoms with Gasteiger partial charge in [-0.15, -0.1) is 0 Å². The Morgan fingerprint density at radius 1 is 1.21 bits per heavy atom. The molecule has 0 amide bonds. The molecule has 7 rings (SSSR count). The normalized spacial score (nSPS) is 27.3. The number of pyridine rings is 1. The number of hydrogen-bond acceptors (Lipinski definition) is 8. The van der Waals surface area contributed by atoms with Gasteiger partial charge in [0.2, 0.25) is 6.54 Å². The number of halogens is 6. The Bertz CT molecular complexity index is 1810. The maximum Gasteiger partial charge on any atom is 0.418 e. The Morgan fingerprint density at radius 2 is 1.98 bits per heavy atom. The number of nitrogen functional groups attached to an aromatic ring is 1. The van der Waals surface area contributed by atoms with E-state index in [4.69, 9.17) is 38.4 Å². The van der Waals surface area contributed by atoms with E-state index in [1.807, 2.05) is 4.90 Å². The highest BCUT2D eigenvalue weighted by Gasteiger charge is 2.52. The molecule has 1 saturated carbocycles.